The van der Waals surface area contributed by atoms with Gasteiger partial charge in [-0.25, -0.2) is 0 Å². The monoisotopic (exact) mass is 438 g/mol. The molecule has 0 rings (SSSR count). The minimum Gasteiger partial charge on any atom is -0.371 e. The highest BCUT2D eigenvalue weighted by molar-refractivity contribution is 5.89. The maximum Gasteiger partial charge on any atom is 0.169 e. The van der Waals surface area contributed by atoms with Crippen LogP contribution in [0.5, 0.6) is 0 Å². The highest BCUT2D eigenvalue weighted by Gasteiger charge is 2.47. The Labute approximate surface area is 192 Å². The van der Waals surface area contributed by atoms with Crippen LogP contribution < -0.4 is 0 Å². The van der Waals surface area contributed by atoms with Gasteiger partial charge >= 0.3 is 0 Å². The number of carbonyl (C=O) groups is 2. The van der Waals surface area contributed by atoms with Crippen molar-refractivity contribution in [2.45, 2.75) is 138 Å². The van der Waals surface area contributed by atoms with Crippen LogP contribution in [0.1, 0.15) is 115 Å². The summed E-state index contributed by atoms with van der Waals surface area (Å²) < 4.78 is 12.5. The molecule has 0 bridgehead atoms. The van der Waals surface area contributed by atoms with E-state index in [2.05, 4.69) is 6.58 Å². The van der Waals surface area contributed by atoms with E-state index in [4.69, 9.17) is 9.47 Å². The van der Waals surface area contributed by atoms with E-state index in [1.54, 1.807) is 0 Å². The predicted molar refractivity (Wildman–Crippen MR) is 130 cm³/mol. The van der Waals surface area contributed by atoms with Gasteiger partial charge in [-0.3, -0.25) is 9.59 Å². The fraction of sp³-hybridized carbons (Fsp3) is 0.852. The van der Waals surface area contributed by atoms with Crippen LogP contribution in [0, 0.1) is 10.8 Å². The van der Waals surface area contributed by atoms with Gasteiger partial charge in [0.2, 0.25) is 0 Å². The second-order valence-corrected chi connectivity index (χ2v) is 11.9. The zero-order valence-corrected chi connectivity index (χ0v) is 22.3. The summed E-state index contributed by atoms with van der Waals surface area (Å²) in [5.41, 5.74) is -2.04. The first-order valence-electron chi connectivity index (χ1n) is 11.9. The lowest BCUT2D eigenvalue weighted by atomic mass is 9.72. The molecule has 4 nitrogen and oxygen atoms in total. The van der Waals surface area contributed by atoms with Gasteiger partial charge in [0.1, 0.15) is 11.9 Å². The quantitative estimate of drug-likeness (QED) is 0.214. The average Bonchev–Trinajstić information content (AvgIpc) is 2.59. The Balaban J connectivity index is 5.15. The van der Waals surface area contributed by atoms with Gasteiger partial charge in [-0.2, -0.15) is 0 Å². The number of rotatable bonds is 14. The van der Waals surface area contributed by atoms with E-state index in [0.717, 1.165) is 32.1 Å². The Morgan fingerprint density at radius 1 is 0.871 bits per heavy atom. The van der Waals surface area contributed by atoms with Gasteiger partial charge in [-0.15, -0.1) is 6.58 Å². The molecule has 4 heteroatoms. The van der Waals surface area contributed by atoms with Gasteiger partial charge in [-0.05, 0) is 67.2 Å². The summed E-state index contributed by atoms with van der Waals surface area (Å²) in [4.78, 5) is 25.4. The fourth-order valence-electron chi connectivity index (χ4n) is 3.55. The Morgan fingerprint density at radius 3 is 1.87 bits per heavy atom. The maximum atomic E-state index is 13.3. The lowest BCUT2D eigenvalue weighted by Gasteiger charge is -2.44. The van der Waals surface area contributed by atoms with E-state index >= 15 is 0 Å². The van der Waals surface area contributed by atoms with E-state index in [0.29, 0.717) is 12.2 Å². The molecule has 0 aliphatic carbocycles. The van der Waals surface area contributed by atoms with Crippen LogP contribution in [0.25, 0.3) is 0 Å². The smallest absolute Gasteiger partial charge is 0.169 e. The van der Waals surface area contributed by atoms with Crippen molar-refractivity contribution in [3.8, 4) is 0 Å². The average molecular weight is 439 g/mol. The van der Waals surface area contributed by atoms with Crippen LogP contribution in [0.4, 0.5) is 0 Å². The third-order valence-corrected chi connectivity index (χ3v) is 6.19. The number of hydrogen-bond acceptors (Lipinski definition) is 4. The predicted octanol–water partition coefficient (Wildman–Crippen LogP) is 7.09. The minimum atomic E-state index is -0.716. The summed E-state index contributed by atoms with van der Waals surface area (Å²) in [6.07, 6.45) is 6.40. The molecule has 31 heavy (non-hydrogen) atoms. The highest BCUT2D eigenvalue weighted by Crippen LogP contribution is 2.38. The first kappa shape index (κ1) is 30.0. The molecule has 0 N–H and O–H groups in total. The highest BCUT2D eigenvalue weighted by atomic mass is 16.5. The second-order valence-electron chi connectivity index (χ2n) is 11.9. The topological polar surface area (TPSA) is 52.6 Å². The summed E-state index contributed by atoms with van der Waals surface area (Å²) in [6, 6.07) is 0. The van der Waals surface area contributed by atoms with Crippen molar-refractivity contribution in [3.63, 3.8) is 0 Å². The molecular weight excluding hydrogens is 388 g/mol. The first-order chi connectivity index (χ1) is 13.8. The molecule has 0 saturated carbocycles. The number of ketones is 2. The lowest BCUT2D eigenvalue weighted by Crippen LogP contribution is -2.52. The van der Waals surface area contributed by atoms with Gasteiger partial charge in [0.15, 0.2) is 5.78 Å². The zero-order valence-electron chi connectivity index (χ0n) is 22.3. The van der Waals surface area contributed by atoms with Crippen LogP contribution in [0.15, 0.2) is 12.7 Å². The van der Waals surface area contributed by atoms with Crippen LogP contribution in [0.2, 0.25) is 0 Å². The number of Topliss-reactive ketones (excluding diaryl/α,β-unsaturated/α-hetero) is 2. The standard InChI is InChI=1S/C27H50O4/c1-13-14-17-21(18-15-16-19-22(28)24(3,4)5)31-27(11,12)26(9,10)23(29)20(2)30-25(6,7)8/h13,20-21H,1,14-19H2,2-12H3. The van der Waals surface area contributed by atoms with E-state index in [1.165, 1.54) is 0 Å². The summed E-state index contributed by atoms with van der Waals surface area (Å²) in [7, 11) is 0. The Bertz CT molecular complexity index is 587. The minimum absolute atomic E-state index is 0.0173. The summed E-state index contributed by atoms with van der Waals surface area (Å²) in [5.74, 6) is 0.349. The largest absolute Gasteiger partial charge is 0.371 e. The summed E-state index contributed by atoms with van der Waals surface area (Å²) >= 11 is 0. The SMILES string of the molecule is C=CCCC(CCCCC(=O)C(C)(C)C)OC(C)(C)C(C)(C)C(=O)C(C)OC(C)(C)C. The van der Waals surface area contributed by atoms with Gasteiger partial charge in [0.25, 0.3) is 0 Å². The molecule has 0 aromatic rings. The van der Waals surface area contributed by atoms with Crippen LogP contribution in [-0.4, -0.2) is 35.0 Å². The zero-order chi connectivity index (χ0) is 24.7. The van der Waals surface area contributed by atoms with Crippen molar-refractivity contribution in [3.05, 3.63) is 12.7 Å². The van der Waals surface area contributed by atoms with E-state index in [1.807, 2.05) is 82.2 Å². The van der Waals surface area contributed by atoms with Gasteiger partial charge < -0.3 is 9.47 Å². The number of unbranched alkanes of at least 4 members (excludes halogenated alkanes) is 1. The molecule has 182 valence electrons. The molecular formula is C27H50O4. The van der Waals surface area contributed by atoms with E-state index in [9.17, 15) is 9.59 Å². The van der Waals surface area contributed by atoms with Crippen LogP contribution in [0.3, 0.4) is 0 Å². The molecule has 2 atom stereocenters. The van der Waals surface area contributed by atoms with Crippen molar-refractivity contribution < 1.29 is 19.1 Å². The molecule has 0 aliphatic heterocycles. The van der Waals surface area contributed by atoms with E-state index in [-0.39, 0.29) is 22.9 Å². The number of allylic oxidation sites excluding steroid dienone is 1. The third-order valence-electron chi connectivity index (χ3n) is 6.19. The fourth-order valence-corrected chi connectivity index (χ4v) is 3.55. The molecule has 0 radical (unpaired) electrons. The Hall–Kier alpha value is -1.00. The normalized spacial score (nSPS) is 15.5. The maximum absolute atomic E-state index is 13.3. The van der Waals surface area contributed by atoms with E-state index < -0.39 is 17.1 Å². The molecule has 0 fully saturated rings. The molecule has 0 saturated heterocycles. The summed E-state index contributed by atoms with van der Waals surface area (Å²) in [5, 5.41) is 0. The molecule has 0 spiro atoms. The molecule has 2 unspecified atom stereocenters. The Morgan fingerprint density at radius 2 is 1.42 bits per heavy atom. The molecule has 0 aromatic carbocycles. The Kier molecular flexibility index (Phi) is 11.4. The van der Waals surface area contributed by atoms with Crippen LogP contribution in [-0.2, 0) is 19.1 Å². The molecule has 0 aromatic heterocycles. The second kappa shape index (κ2) is 11.7. The number of carbonyl (C=O) groups excluding carboxylic acids is 2. The molecule has 0 aliphatic rings. The third kappa shape index (κ3) is 10.4. The van der Waals surface area contributed by atoms with Crippen LogP contribution >= 0.6 is 0 Å². The first-order valence-corrected chi connectivity index (χ1v) is 11.9. The molecule has 0 heterocycles. The number of ether oxygens (including phenoxy) is 2. The van der Waals surface area contributed by atoms with Crippen molar-refractivity contribution in [2.75, 3.05) is 0 Å². The number of hydrogen-bond donors (Lipinski definition) is 0. The van der Waals surface area contributed by atoms with Gasteiger partial charge in [0, 0.05) is 11.8 Å². The van der Waals surface area contributed by atoms with Crippen molar-refractivity contribution >= 4 is 11.6 Å². The van der Waals surface area contributed by atoms with Crippen molar-refractivity contribution in [1.82, 2.24) is 0 Å². The van der Waals surface area contributed by atoms with Gasteiger partial charge in [-0.1, -0.05) is 47.1 Å². The van der Waals surface area contributed by atoms with Gasteiger partial charge in [0.05, 0.1) is 22.7 Å². The van der Waals surface area contributed by atoms with Crippen molar-refractivity contribution in [2.24, 2.45) is 10.8 Å². The summed E-state index contributed by atoms with van der Waals surface area (Å²) in [6.45, 7) is 25.3. The van der Waals surface area contributed by atoms with Crippen molar-refractivity contribution in [1.29, 1.82) is 0 Å². The molecule has 0 amide bonds. The lowest BCUT2D eigenvalue weighted by molar-refractivity contribution is -0.175.